The molecule has 0 bridgehead atoms. The van der Waals surface area contributed by atoms with E-state index in [1.165, 1.54) is 18.3 Å². The third kappa shape index (κ3) is 8.29. The molecule has 1 atom stereocenters. The zero-order valence-corrected chi connectivity index (χ0v) is 22.9. The van der Waals surface area contributed by atoms with Crippen LogP contribution < -0.4 is 15.5 Å². The third-order valence-corrected chi connectivity index (χ3v) is 7.09. The zero-order valence-electron chi connectivity index (χ0n) is 22.2. The molecule has 2 N–H and O–H groups in total. The molecule has 0 aliphatic heterocycles. The largest absolute Gasteiger partial charge is 0.416 e. The van der Waals surface area contributed by atoms with Gasteiger partial charge in [-0.15, -0.1) is 0 Å². The maximum absolute atomic E-state index is 13.8. The summed E-state index contributed by atoms with van der Waals surface area (Å²) in [5, 5.41) is 6.02. The third-order valence-electron chi connectivity index (χ3n) is 6.84. The molecular formula is C30H30ClF3N4O3. The number of halogens is 4. The van der Waals surface area contributed by atoms with Crippen LogP contribution in [-0.4, -0.2) is 28.7 Å². The minimum absolute atomic E-state index is 0.0291. The van der Waals surface area contributed by atoms with Crippen LogP contribution in [-0.2, 0) is 20.6 Å². The fourth-order valence-electron chi connectivity index (χ4n) is 4.84. The van der Waals surface area contributed by atoms with Gasteiger partial charge in [-0.2, -0.15) is 13.2 Å². The van der Waals surface area contributed by atoms with Crippen LogP contribution in [0, 0.1) is 0 Å². The Hall–Kier alpha value is -3.92. The van der Waals surface area contributed by atoms with E-state index in [-0.39, 0.29) is 36.9 Å². The van der Waals surface area contributed by atoms with Crippen LogP contribution in [0.25, 0.3) is 0 Å². The molecular weight excluding hydrogens is 557 g/mol. The number of rotatable bonds is 10. The van der Waals surface area contributed by atoms with E-state index < -0.39 is 29.6 Å². The first-order valence-electron chi connectivity index (χ1n) is 13.4. The van der Waals surface area contributed by atoms with Gasteiger partial charge in [0.2, 0.25) is 17.7 Å². The Bertz CT molecular complexity index is 1350. The van der Waals surface area contributed by atoms with Gasteiger partial charge in [-0.25, -0.2) is 4.98 Å². The minimum atomic E-state index is -4.66. The van der Waals surface area contributed by atoms with Crippen molar-refractivity contribution in [1.82, 2.24) is 10.3 Å². The Morgan fingerprint density at radius 1 is 0.976 bits per heavy atom. The summed E-state index contributed by atoms with van der Waals surface area (Å²) in [5.41, 5.74) is -0.638. The second-order valence-corrected chi connectivity index (χ2v) is 10.3. The van der Waals surface area contributed by atoms with E-state index in [9.17, 15) is 27.6 Å². The summed E-state index contributed by atoms with van der Waals surface area (Å²) >= 11 is 6.07. The highest BCUT2D eigenvalue weighted by Gasteiger charge is 2.36. The number of hydrogen-bond acceptors (Lipinski definition) is 4. The predicted octanol–water partition coefficient (Wildman–Crippen LogP) is 6.70. The van der Waals surface area contributed by atoms with Crippen molar-refractivity contribution in [1.29, 1.82) is 0 Å². The lowest BCUT2D eigenvalue weighted by molar-refractivity contribution is -0.137. The van der Waals surface area contributed by atoms with Crippen LogP contribution in [0.1, 0.15) is 62.1 Å². The van der Waals surface area contributed by atoms with Crippen LogP contribution in [0.5, 0.6) is 0 Å². The number of carbonyl (C=O) groups is 3. The van der Waals surface area contributed by atoms with Gasteiger partial charge in [-0.1, -0.05) is 48.7 Å². The minimum Gasteiger partial charge on any atom is -0.351 e. The molecule has 216 valence electrons. The van der Waals surface area contributed by atoms with E-state index in [2.05, 4.69) is 15.6 Å². The molecule has 3 amide bonds. The second kappa shape index (κ2) is 13.6. The van der Waals surface area contributed by atoms with Crippen molar-refractivity contribution in [2.75, 3.05) is 10.2 Å². The number of nitrogens with one attached hydrogen (secondary N) is 2. The quantitative estimate of drug-likeness (QED) is 0.277. The molecule has 0 saturated heterocycles. The first-order chi connectivity index (χ1) is 19.6. The van der Waals surface area contributed by atoms with Crippen LogP contribution >= 0.6 is 11.6 Å². The fourth-order valence-corrected chi connectivity index (χ4v) is 4.97. The molecule has 1 fully saturated rings. The van der Waals surface area contributed by atoms with E-state index in [4.69, 9.17) is 11.6 Å². The highest BCUT2D eigenvalue weighted by atomic mass is 35.5. The Labute approximate surface area is 241 Å². The summed E-state index contributed by atoms with van der Waals surface area (Å²) in [5.74, 6) is -1.11. The number of alkyl halides is 3. The normalized spacial score (nSPS) is 14.3. The Morgan fingerprint density at radius 2 is 1.71 bits per heavy atom. The van der Waals surface area contributed by atoms with Gasteiger partial charge in [-0.3, -0.25) is 19.3 Å². The average molecular weight is 587 g/mol. The monoisotopic (exact) mass is 586 g/mol. The number of anilines is 2. The highest BCUT2D eigenvalue weighted by molar-refractivity contribution is 6.30. The SMILES string of the molecule is O=C(CCCC(=O)N(c1cccc(C(F)(F)F)c1)[C@@H](C(=O)NC1CCCC1)c1ccc(Cl)cc1)Nc1ccccn1. The van der Waals surface area contributed by atoms with Crippen LogP contribution in [0.15, 0.2) is 72.9 Å². The fraction of sp³-hybridized carbons (Fsp3) is 0.333. The smallest absolute Gasteiger partial charge is 0.351 e. The van der Waals surface area contributed by atoms with Crippen molar-refractivity contribution in [2.45, 2.75) is 63.2 Å². The molecule has 7 nitrogen and oxygen atoms in total. The molecule has 1 aliphatic carbocycles. The summed E-state index contributed by atoms with van der Waals surface area (Å²) < 4.78 is 41.0. The average Bonchev–Trinajstić information content (AvgIpc) is 3.45. The first kappa shape index (κ1) is 30.0. The lowest BCUT2D eigenvalue weighted by Gasteiger charge is -2.33. The van der Waals surface area contributed by atoms with Gasteiger partial charge in [0.05, 0.1) is 5.56 Å². The van der Waals surface area contributed by atoms with Gasteiger partial charge in [0.15, 0.2) is 0 Å². The zero-order chi connectivity index (χ0) is 29.4. The standard InChI is InChI=1S/C30H30ClF3N4O3/c31-22-16-14-20(15-17-22)28(29(41)36-23-8-1-2-9-23)38(24-10-5-7-21(19-24)30(32,33)34)27(40)13-6-12-26(39)37-25-11-3-4-18-35-25/h3-5,7,10-11,14-19,23,28H,1-2,6,8-9,12-13H2,(H,36,41)(H,35,37,39)/t28-/m1/s1. The first-order valence-corrected chi connectivity index (χ1v) is 13.8. The predicted molar refractivity (Wildman–Crippen MR) is 150 cm³/mol. The Balaban J connectivity index is 1.63. The number of hydrogen-bond donors (Lipinski definition) is 2. The van der Waals surface area contributed by atoms with Gasteiger partial charge in [0.25, 0.3) is 0 Å². The molecule has 1 heterocycles. The molecule has 0 radical (unpaired) electrons. The summed E-state index contributed by atoms with van der Waals surface area (Å²) in [6, 6.07) is 14.3. The molecule has 41 heavy (non-hydrogen) atoms. The van der Waals surface area contributed by atoms with E-state index in [0.29, 0.717) is 16.4 Å². The lowest BCUT2D eigenvalue weighted by Crippen LogP contribution is -2.46. The molecule has 2 aromatic carbocycles. The topological polar surface area (TPSA) is 91.4 Å². The van der Waals surface area contributed by atoms with Crippen LogP contribution in [0.3, 0.4) is 0 Å². The van der Waals surface area contributed by atoms with Crippen molar-refractivity contribution in [3.8, 4) is 0 Å². The van der Waals surface area contributed by atoms with Gasteiger partial charge >= 0.3 is 6.18 Å². The number of amides is 3. The van der Waals surface area contributed by atoms with Crippen molar-refractivity contribution >= 4 is 40.8 Å². The maximum Gasteiger partial charge on any atom is 0.416 e. The Kier molecular flexibility index (Phi) is 9.99. The molecule has 11 heteroatoms. The Morgan fingerprint density at radius 3 is 2.37 bits per heavy atom. The molecule has 1 aromatic heterocycles. The molecule has 1 saturated carbocycles. The number of nitrogens with zero attached hydrogens (tertiary/aromatic N) is 2. The molecule has 0 unspecified atom stereocenters. The van der Waals surface area contributed by atoms with Crippen molar-refractivity contribution in [3.63, 3.8) is 0 Å². The summed E-state index contributed by atoms with van der Waals surface area (Å²) in [7, 11) is 0. The van der Waals surface area contributed by atoms with E-state index in [0.717, 1.165) is 42.7 Å². The number of pyridine rings is 1. The van der Waals surface area contributed by atoms with Crippen molar-refractivity contribution in [3.05, 3.63) is 89.1 Å². The number of benzene rings is 2. The van der Waals surface area contributed by atoms with E-state index >= 15 is 0 Å². The van der Waals surface area contributed by atoms with E-state index in [1.807, 2.05) is 0 Å². The van der Waals surface area contributed by atoms with Gasteiger partial charge in [0.1, 0.15) is 11.9 Å². The number of aromatic nitrogens is 1. The maximum atomic E-state index is 13.8. The summed E-state index contributed by atoms with van der Waals surface area (Å²) in [6.07, 6.45) is 0.219. The second-order valence-electron chi connectivity index (χ2n) is 9.87. The highest BCUT2D eigenvalue weighted by Crippen LogP contribution is 2.35. The molecule has 4 rings (SSSR count). The van der Waals surface area contributed by atoms with Gasteiger partial charge < -0.3 is 10.6 Å². The van der Waals surface area contributed by atoms with Crippen LogP contribution in [0.4, 0.5) is 24.7 Å². The molecule has 3 aromatic rings. The summed E-state index contributed by atoms with van der Waals surface area (Å²) in [6.45, 7) is 0. The van der Waals surface area contributed by atoms with Crippen molar-refractivity contribution in [2.24, 2.45) is 0 Å². The van der Waals surface area contributed by atoms with Crippen molar-refractivity contribution < 1.29 is 27.6 Å². The van der Waals surface area contributed by atoms with Gasteiger partial charge in [-0.05, 0) is 67.3 Å². The van der Waals surface area contributed by atoms with E-state index in [1.54, 1.807) is 42.5 Å². The molecule has 0 spiro atoms. The summed E-state index contributed by atoms with van der Waals surface area (Å²) in [4.78, 5) is 45.0. The lowest BCUT2D eigenvalue weighted by atomic mass is 10.0. The van der Waals surface area contributed by atoms with Crippen LogP contribution in [0.2, 0.25) is 5.02 Å². The van der Waals surface area contributed by atoms with Gasteiger partial charge in [0, 0.05) is 35.8 Å². The number of carbonyl (C=O) groups excluding carboxylic acids is 3. The molecule has 1 aliphatic rings.